The van der Waals surface area contributed by atoms with Crippen LogP contribution in [0.25, 0.3) is 16.1 Å². The van der Waals surface area contributed by atoms with Gasteiger partial charge in [0, 0.05) is 36.9 Å². The van der Waals surface area contributed by atoms with E-state index >= 15 is 0 Å². The Morgan fingerprint density at radius 3 is 2.53 bits per heavy atom. The van der Waals surface area contributed by atoms with Gasteiger partial charge in [-0.15, -0.1) is 10.2 Å². The van der Waals surface area contributed by atoms with Gasteiger partial charge in [0.2, 0.25) is 10.0 Å². The number of anilines is 1. The van der Waals surface area contributed by atoms with E-state index in [2.05, 4.69) is 39.0 Å². The van der Waals surface area contributed by atoms with Crippen LogP contribution in [-0.4, -0.2) is 66.9 Å². The Kier molecular flexibility index (Phi) is 5.88. The van der Waals surface area contributed by atoms with Crippen LogP contribution in [-0.2, 0) is 14.8 Å². The van der Waals surface area contributed by atoms with E-state index < -0.39 is 22.0 Å². The largest absolute Gasteiger partial charge is 0.377 e. The maximum absolute atomic E-state index is 13.4. The highest BCUT2D eigenvalue weighted by atomic mass is 32.2. The SMILES string of the molecule is C[C@H]1CN(c2cc(S(=O)(=O)NC3(C)COC3)cc3c(-c4nnc(C(F)F)s4)ccn23)C[C@H](C)N1. The van der Waals surface area contributed by atoms with Crippen LogP contribution in [0.1, 0.15) is 32.2 Å². The standard InChI is InChI=1S/C21H26F2N6O3S2/c1-12-8-28(9-13(2)24-12)17-7-14(34(30,31)27-21(3)10-32-11-21)6-16-15(4-5-29(16)17)19-25-26-20(33-19)18(22)23/h4-7,12-13,18,24,27H,8-11H2,1-3H3/t12-,13-/m0/s1. The Morgan fingerprint density at radius 2 is 1.94 bits per heavy atom. The normalized spacial score (nSPS) is 22.9. The fourth-order valence-electron chi connectivity index (χ4n) is 4.54. The highest BCUT2D eigenvalue weighted by molar-refractivity contribution is 7.89. The summed E-state index contributed by atoms with van der Waals surface area (Å²) in [6, 6.07) is 5.39. The van der Waals surface area contributed by atoms with Crippen LogP contribution in [0, 0.1) is 0 Å². The lowest BCUT2D eigenvalue weighted by Crippen LogP contribution is -2.59. The molecule has 3 aromatic heterocycles. The smallest absolute Gasteiger partial charge is 0.291 e. The molecule has 0 amide bonds. The molecule has 2 N–H and O–H groups in total. The van der Waals surface area contributed by atoms with Gasteiger partial charge in [0.05, 0.1) is 29.2 Å². The number of sulfonamides is 1. The fraction of sp³-hybridized carbons (Fsp3) is 0.524. The van der Waals surface area contributed by atoms with Crippen LogP contribution in [0.15, 0.2) is 29.3 Å². The zero-order valence-electron chi connectivity index (χ0n) is 19.0. The first kappa shape index (κ1) is 23.5. The Balaban J connectivity index is 1.65. The molecule has 5 rings (SSSR count). The lowest BCUT2D eigenvalue weighted by atomic mass is 10.0. The molecule has 0 bridgehead atoms. The van der Waals surface area contributed by atoms with Crippen LogP contribution in [0.3, 0.4) is 0 Å². The summed E-state index contributed by atoms with van der Waals surface area (Å²) in [5, 5.41) is 11.0. The number of nitrogens with one attached hydrogen (secondary N) is 2. The number of piperazine rings is 1. The van der Waals surface area contributed by atoms with Crippen molar-refractivity contribution in [2.45, 2.75) is 49.7 Å². The van der Waals surface area contributed by atoms with E-state index in [-0.39, 0.29) is 22.0 Å². The zero-order valence-corrected chi connectivity index (χ0v) is 20.6. The number of halogens is 2. The summed E-state index contributed by atoms with van der Waals surface area (Å²) < 4.78 is 62.8. The van der Waals surface area contributed by atoms with Gasteiger partial charge in [-0.1, -0.05) is 11.3 Å². The second-order valence-corrected chi connectivity index (χ2v) is 12.0. The molecule has 2 saturated heterocycles. The first-order valence-corrected chi connectivity index (χ1v) is 13.2. The van der Waals surface area contributed by atoms with Gasteiger partial charge in [-0.3, -0.25) is 0 Å². The van der Waals surface area contributed by atoms with E-state index in [1.165, 1.54) is 0 Å². The van der Waals surface area contributed by atoms with E-state index in [0.29, 0.717) is 48.2 Å². The first-order valence-electron chi connectivity index (χ1n) is 10.9. The Morgan fingerprint density at radius 1 is 1.24 bits per heavy atom. The first-order chi connectivity index (χ1) is 16.0. The monoisotopic (exact) mass is 512 g/mol. The maximum atomic E-state index is 13.4. The fourth-order valence-corrected chi connectivity index (χ4v) is 6.69. The van der Waals surface area contributed by atoms with Crippen molar-refractivity contribution >= 4 is 32.7 Å². The highest BCUT2D eigenvalue weighted by Crippen LogP contribution is 2.36. The van der Waals surface area contributed by atoms with Gasteiger partial charge in [0.15, 0.2) is 5.01 Å². The molecule has 0 radical (unpaired) electrons. The number of pyridine rings is 1. The molecule has 0 saturated carbocycles. The number of fused-ring (bicyclic) bond motifs is 1. The number of alkyl halides is 2. The van der Waals surface area contributed by atoms with E-state index in [9.17, 15) is 17.2 Å². The van der Waals surface area contributed by atoms with Gasteiger partial charge in [0.1, 0.15) is 10.8 Å². The second kappa shape index (κ2) is 8.48. The zero-order chi connectivity index (χ0) is 24.3. The van der Waals surface area contributed by atoms with E-state index in [1.807, 2.05) is 10.6 Å². The molecule has 5 heterocycles. The minimum absolute atomic E-state index is 0.0977. The predicted molar refractivity (Wildman–Crippen MR) is 125 cm³/mol. The van der Waals surface area contributed by atoms with Crippen molar-refractivity contribution < 1.29 is 21.9 Å². The quantitative estimate of drug-likeness (QED) is 0.524. The Hall–Kier alpha value is -2.19. The van der Waals surface area contributed by atoms with Crippen LogP contribution >= 0.6 is 11.3 Å². The van der Waals surface area contributed by atoms with Crippen molar-refractivity contribution in [2.75, 3.05) is 31.2 Å². The van der Waals surface area contributed by atoms with E-state index in [1.54, 1.807) is 25.1 Å². The minimum atomic E-state index is -3.88. The third-order valence-corrected chi connectivity index (χ3v) is 8.58. The lowest BCUT2D eigenvalue weighted by molar-refractivity contribution is -0.0523. The van der Waals surface area contributed by atoms with Crippen molar-refractivity contribution in [3.63, 3.8) is 0 Å². The summed E-state index contributed by atoms with van der Waals surface area (Å²) >= 11 is 0.801. The van der Waals surface area contributed by atoms with Crippen LogP contribution in [0.4, 0.5) is 14.6 Å². The Labute approximate surface area is 200 Å². The van der Waals surface area contributed by atoms with Crippen molar-refractivity contribution in [1.29, 1.82) is 0 Å². The van der Waals surface area contributed by atoms with E-state index in [4.69, 9.17) is 4.74 Å². The summed E-state index contributed by atoms with van der Waals surface area (Å²) in [5.41, 5.74) is 0.445. The summed E-state index contributed by atoms with van der Waals surface area (Å²) in [6.45, 7) is 7.91. The molecule has 34 heavy (non-hydrogen) atoms. The molecule has 13 heteroatoms. The molecular weight excluding hydrogens is 486 g/mol. The molecule has 0 aliphatic carbocycles. The minimum Gasteiger partial charge on any atom is -0.377 e. The number of hydrogen-bond acceptors (Lipinski definition) is 8. The highest BCUT2D eigenvalue weighted by Gasteiger charge is 2.38. The third kappa shape index (κ3) is 4.31. The topological polar surface area (TPSA) is 101 Å². The van der Waals surface area contributed by atoms with Crippen molar-refractivity contribution in [1.82, 2.24) is 24.6 Å². The average molecular weight is 513 g/mol. The van der Waals surface area contributed by atoms with Gasteiger partial charge in [-0.25, -0.2) is 21.9 Å². The van der Waals surface area contributed by atoms with Crippen molar-refractivity contribution in [3.05, 3.63) is 29.4 Å². The summed E-state index contributed by atoms with van der Waals surface area (Å²) in [7, 11) is -3.88. The summed E-state index contributed by atoms with van der Waals surface area (Å²) in [5.74, 6) is 0.706. The van der Waals surface area contributed by atoms with Crippen molar-refractivity contribution in [2.24, 2.45) is 0 Å². The Bertz CT molecular complexity index is 1310. The molecular formula is C21H26F2N6O3S2. The molecule has 0 spiro atoms. The number of rotatable bonds is 6. The van der Waals surface area contributed by atoms with Gasteiger partial charge in [0.25, 0.3) is 6.43 Å². The van der Waals surface area contributed by atoms with Gasteiger partial charge < -0.3 is 19.4 Å². The van der Waals surface area contributed by atoms with Gasteiger partial charge in [-0.05, 0) is 39.0 Å². The molecule has 9 nitrogen and oxygen atoms in total. The predicted octanol–water partition coefficient (Wildman–Crippen LogP) is 2.65. The summed E-state index contributed by atoms with van der Waals surface area (Å²) in [6.07, 6.45) is -0.906. The third-order valence-electron chi connectivity index (χ3n) is 5.99. The molecule has 184 valence electrons. The number of nitrogens with zero attached hydrogens (tertiary/aromatic N) is 4. The van der Waals surface area contributed by atoms with E-state index in [0.717, 1.165) is 11.3 Å². The van der Waals surface area contributed by atoms with Crippen molar-refractivity contribution in [3.8, 4) is 10.6 Å². The molecule has 3 aromatic rings. The molecule has 2 fully saturated rings. The molecule has 2 atom stereocenters. The lowest BCUT2D eigenvalue weighted by Gasteiger charge is -2.39. The second-order valence-electron chi connectivity index (χ2n) is 9.31. The average Bonchev–Trinajstić information content (AvgIpc) is 3.38. The summed E-state index contributed by atoms with van der Waals surface area (Å²) in [4.78, 5) is 2.24. The number of aromatic nitrogens is 3. The molecule has 0 unspecified atom stereocenters. The molecule has 0 aromatic carbocycles. The molecule has 2 aliphatic heterocycles. The van der Waals surface area contributed by atoms with Crippen LogP contribution < -0.4 is 14.9 Å². The van der Waals surface area contributed by atoms with Gasteiger partial charge >= 0.3 is 0 Å². The number of hydrogen-bond donors (Lipinski definition) is 2. The van der Waals surface area contributed by atoms with Crippen LogP contribution in [0.5, 0.6) is 0 Å². The van der Waals surface area contributed by atoms with Crippen LogP contribution in [0.2, 0.25) is 0 Å². The maximum Gasteiger partial charge on any atom is 0.291 e. The number of ether oxygens (including phenoxy) is 1. The molecule has 2 aliphatic rings. The van der Waals surface area contributed by atoms with Gasteiger partial charge in [-0.2, -0.15) is 0 Å².